The van der Waals surface area contributed by atoms with E-state index in [-0.39, 0.29) is 28.1 Å². The maximum Gasteiger partial charge on any atom is 0.417 e. The summed E-state index contributed by atoms with van der Waals surface area (Å²) in [7, 11) is 0. The maximum absolute atomic E-state index is 12.8. The lowest BCUT2D eigenvalue weighted by atomic mass is 10.2. The van der Waals surface area contributed by atoms with E-state index in [0.717, 1.165) is 18.6 Å². The number of anilines is 2. The number of carbonyl (C=O) groups is 1. The highest BCUT2D eigenvalue weighted by atomic mass is 35.5. The molecular formula is C15H14ClF3N4O. The molecule has 128 valence electrons. The van der Waals surface area contributed by atoms with E-state index in [9.17, 15) is 18.0 Å². The minimum atomic E-state index is -4.55. The third kappa shape index (κ3) is 4.58. The van der Waals surface area contributed by atoms with Crippen molar-refractivity contribution in [1.29, 1.82) is 0 Å². The Morgan fingerprint density at radius 2 is 2.00 bits per heavy atom. The Hall–Kier alpha value is -2.35. The zero-order chi connectivity index (χ0) is 17.7. The van der Waals surface area contributed by atoms with Crippen molar-refractivity contribution < 1.29 is 18.0 Å². The second-order valence-electron chi connectivity index (χ2n) is 4.86. The molecule has 0 aliphatic rings. The van der Waals surface area contributed by atoms with Crippen molar-refractivity contribution in [3.8, 4) is 0 Å². The van der Waals surface area contributed by atoms with E-state index >= 15 is 0 Å². The number of amides is 1. The summed E-state index contributed by atoms with van der Waals surface area (Å²) in [6.45, 7) is 2.44. The van der Waals surface area contributed by atoms with Crippen molar-refractivity contribution in [2.24, 2.45) is 0 Å². The van der Waals surface area contributed by atoms with Gasteiger partial charge in [-0.2, -0.15) is 13.2 Å². The molecule has 2 aromatic rings. The van der Waals surface area contributed by atoms with Crippen molar-refractivity contribution >= 4 is 29.0 Å². The minimum Gasteiger partial charge on any atom is -0.351 e. The van der Waals surface area contributed by atoms with Crippen molar-refractivity contribution in [3.63, 3.8) is 0 Å². The number of aromatic nitrogens is 2. The third-order valence-electron chi connectivity index (χ3n) is 2.96. The van der Waals surface area contributed by atoms with Crippen LogP contribution in [0.15, 0.2) is 30.6 Å². The molecule has 1 amide bonds. The molecule has 1 heterocycles. The Balaban J connectivity index is 2.13. The second kappa shape index (κ2) is 7.48. The molecule has 0 saturated heterocycles. The van der Waals surface area contributed by atoms with Crippen molar-refractivity contribution in [3.05, 3.63) is 46.9 Å². The summed E-state index contributed by atoms with van der Waals surface area (Å²) >= 11 is 5.56. The molecule has 1 aromatic heterocycles. The summed E-state index contributed by atoms with van der Waals surface area (Å²) in [5.41, 5.74) is -0.664. The SMILES string of the molecule is CCCNC(=O)c1cnc(Nc2ccc(Cl)c(C(F)(F)F)c2)cn1. The van der Waals surface area contributed by atoms with Gasteiger partial charge < -0.3 is 10.6 Å². The van der Waals surface area contributed by atoms with Crippen LogP contribution in [0.4, 0.5) is 24.7 Å². The number of alkyl halides is 3. The highest BCUT2D eigenvalue weighted by Gasteiger charge is 2.33. The Kier molecular flexibility index (Phi) is 5.61. The molecular weight excluding hydrogens is 345 g/mol. The highest BCUT2D eigenvalue weighted by molar-refractivity contribution is 6.31. The molecule has 0 saturated carbocycles. The summed E-state index contributed by atoms with van der Waals surface area (Å²) in [4.78, 5) is 19.6. The van der Waals surface area contributed by atoms with Crippen molar-refractivity contribution in [1.82, 2.24) is 15.3 Å². The highest BCUT2D eigenvalue weighted by Crippen LogP contribution is 2.36. The quantitative estimate of drug-likeness (QED) is 0.846. The first-order chi connectivity index (χ1) is 11.3. The van der Waals surface area contributed by atoms with Crippen LogP contribution >= 0.6 is 11.6 Å². The summed E-state index contributed by atoms with van der Waals surface area (Å²) in [6, 6.07) is 3.42. The van der Waals surface area contributed by atoms with Crippen LogP contribution in [0.1, 0.15) is 29.4 Å². The fourth-order valence-corrected chi connectivity index (χ4v) is 2.03. The zero-order valence-electron chi connectivity index (χ0n) is 12.6. The van der Waals surface area contributed by atoms with Crippen LogP contribution in [0, 0.1) is 0 Å². The predicted octanol–water partition coefficient (Wildman–Crippen LogP) is 4.03. The number of benzene rings is 1. The lowest BCUT2D eigenvalue weighted by Gasteiger charge is -2.12. The molecule has 1 aromatic carbocycles. The number of hydrogen-bond donors (Lipinski definition) is 2. The van der Waals surface area contributed by atoms with Gasteiger partial charge in [-0.05, 0) is 24.6 Å². The zero-order valence-corrected chi connectivity index (χ0v) is 13.4. The first-order valence-corrected chi connectivity index (χ1v) is 7.43. The first-order valence-electron chi connectivity index (χ1n) is 7.05. The summed E-state index contributed by atoms with van der Waals surface area (Å²) in [5.74, 6) is -0.153. The smallest absolute Gasteiger partial charge is 0.351 e. The number of rotatable bonds is 5. The standard InChI is InChI=1S/C15H14ClF3N4O/c1-2-5-20-14(24)12-7-22-13(8-21-12)23-9-3-4-11(16)10(6-9)15(17,18)19/h3-4,6-8H,2,5H2,1H3,(H,20,24)(H,22,23). The molecule has 0 atom stereocenters. The van der Waals surface area contributed by atoms with Gasteiger partial charge in [0.05, 0.1) is 23.0 Å². The lowest BCUT2D eigenvalue weighted by molar-refractivity contribution is -0.137. The lowest BCUT2D eigenvalue weighted by Crippen LogP contribution is -2.25. The van der Waals surface area contributed by atoms with Gasteiger partial charge in [-0.15, -0.1) is 0 Å². The molecule has 2 N–H and O–H groups in total. The van der Waals surface area contributed by atoms with Crippen LogP contribution in [-0.2, 0) is 6.18 Å². The van der Waals surface area contributed by atoms with Crippen LogP contribution in [0.2, 0.25) is 5.02 Å². The number of nitrogens with zero attached hydrogens (tertiary/aromatic N) is 2. The topological polar surface area (TPSA) is 66.9 Å². The summed E-state index contributed by atoms with van der Waals surface area (Å²) in [6.07, 6.45) is -1.25. The molecule has 0 radical (unpaired) electrons. The van der Waals surface area contributed by atoms with Gasteiger partial charge in [-0.25, -0.2) is 9.97 Å². The predicted molar refractivity (Wildman–Crippen MR) is 84.4 cm³/mol. The molecule has 24 heavy (non-hydrogen) atoms. The normalized spacial score (nSPS) is 11.2. The Morgan fingerprint density at radius 1 is 1.25 bits per heavy atom. The largest absolute Gasteiger partial charge is 0.417 e. The third-order valence-corrected chi connectivity index (χ3v) is 3.29. The Labute approximate surface area is 141 Å². The maximum atomic E-state index is 12.8. The van der Waals surface area contributed by atoms with Gasteiger partial charge in [0.1, 0.15) is 11.5 Å². The average Bonchev–Trinajstić information content (AvgIpc) is 2.54. The number of halogens is 4. The second-order valence-corrected chi connectivity index (χ2v) is 5.27. The molecule has 9 heteroatoms. The fourth-order valence-electron chi connectivity index (χ4n) is 1.81. The Morgan fingerprint density at radius 3 is 2.58 bits per heavy atom. The minimum absolute atomic E-state index is 0.126. The summed E-state index contributed by atoms with van der Waals surface area (Å²) < 4.78 is 38.5. The molecule has 0 aliphatic heterocycles. The van der Waals surface area contributed by atoms with Gasteiger partial charge >= 0.3 is 6.18 Å². The van der Waals surface area contributed by atoms with Crippen LogP contribution in [0.25, 0.3) is 0 Å². The fraction of sp³-hybridized carbons (Fsp3) is 0.267. The number of hydrogen-bond acceptors (Lipinski definition) is 4. The van der Waals surface area contributed by atoms with Crippen molar-refractivity contribution in [2.45, 2.75) is 19.5 Å². The van der Waals surface area contributed by atoms with E-state index in [1.807, 2.05) is 6.92 Å². The van der Waals surface area contributed by atoms with E-state index in [2.05, 4.69) is 20.6 Å². The molecule has 5 nitrogen and oxygen atoms in total. The van der Waals surface area contributed by atoms with Crippen LogP contribution in [0.3, 0.4) is 0 Å². The van der Waals surface area contributed by atoms with Gasteiger partial charge in [-0.1, -0.05) is 18.5 Å². The number of carbonyl (C=O) groups excluding carboxylic acids is 1. The summed E-state index contributed by atoms with van der Waals surface area (Å²) in [5, 5.41) is 4.95. The average molecular weight is 359 g/mol. The van der Waals surface area contributed by atoms with E-state index < -0.39 is 11.7 Å². The van der Waals surface area contributed by atoms with Crippen molar-refractivity contribution in [2.75, 3.05) is 11.9 Å². The van der Waals surface area contributed by atoms with E-state index in [1.54, 1.807) is 0 Å². The van der Waals surface area contributed by atoms with Gasteiger partial charge in [-0.3, -0.25) is 4.79 Å². The molecule has 0 spiro atoms. The van der Waals surface area contributed by atoms with Crippen LogP contribution < -0.4 is 10.6 Å². The number of nitrogens with one attached hydrogen (secondary N) is 2. The van der Waals surface area contributed by atoms with Gasteiger partial charge in [0.25, 0.3) is 5.91 Å². The van der Waals surface area contributed by atoms with E-state index in [0.29, 0.717) is 6.54 Å². The van der Waals surface area contributed by atoms with Gasteiger partial charge in [0.2, 0.25) is 0 Å². The Bertz CT molecular complexity index is 720. The monoisotopic (exact) mass is 358 g/mol. The molecule has 2 rings (SSSR count). The first kappa shape index (κ1) is 18.0. The van der Waals surface area contributed by atoms with Gasteiger partial charge in [0.15, 0.2) is 0 Å². The van der Waals surface area contributed by atoms with E-state index in [1.165, 1.54) is 18.5 Å². The molecule has 0 fully saturated rings. The molecule has 0 bridgehead atoms. The van der Waals surface area contributed by atoms with Gasteiger partial charge in [0, 0.05) is 12.2 Å². The van der Waals surface area contributed by atoms with E-state index in [4.69, 9.17) is 11.6 Å². The molecule has 0 unspecified atom stereocenters. The molecule has 0 aliphatic carbocycles. The van der Waals surface area contributed by atoms with Crippen LogP contribution in [0.5, 0.6) is 0 Å². The van der Waals surface area contributed by atoms with Crippen LogP contribution in [-0.4, -0.2) is 22.4 Å².